The Balaban J connectivity index is 2.37. The van der Waals surface area contributed by atoms with Gasteiger partial charge in [-0.3, -0.25) is 14.2 Å². The lowest BCUT2D eigenvalue weighted by atomic mass is 9.94. The predicted octanol–water partition coefficient (Wildman–Crippen LogP) is 5.64. The minimum Gasteiger partial charge on any atom is -0.447 e. The number of benzene rings is 1. The number of ether oxygens (including phenoxy) is 1. The summed E-state index contributed by atoms with van der Waals surface area (Å²) < 4.78 is 30.7. The number of cyclic esters (lactones) is 1. The smallest absolute Gasteiger partial charge is 0.417 e. The molecule has 3 atom stereocenters. The molecule has 0 saturated carbocycles. The number of amides is 2. The van der Waals surface area contributed by atoms with Gasteiger partial charge >= 0.3 is 13.7 Å². The maximum atomic E-state index is 14.0. The Morgan fingerprint density at radius 3 is 2.14 bits per heavy atom. The first kappa shape index (κ1) is 30.5. The maximum absolute atomic E-state index is 14.0. The summed E-state index contributed by atoms with van der Waals surface area (Å²) in [7, 11) is -3.70. The first-order chi connectivity index (χ1) is 16.7. The van der Waals surface area contributed by atoms with Gasteiger partial charge in [0.2, 0.25) is 0 Å². The van der Waals surface area contributed by atoms with E-state index in [0.717, 1.165) is 10.5 Å². The third-order valence-corrected chi connectivity index (χ3v) is 8.53. The highest BCUT2D eigenvalue weighted by atomic mass is 31.2. The molecule has 0 unspecified atom stereocenters. The van der Waals surface area contributed by atoms with Crippen molar-refractivity contribution in [3.05, 3.63) is 35.9 Å². The number of hydroxylamine groups is 2. The fourth-order valence-corrected chi connectivity index (χ4v) is 6.94. The summed E-state index contributed by atoms with van der Waals surface area (Å²) in [5.41, 5.74) is -0.311. The Hall–Kier alpha value is -1.77. The van der Waals surface area contributed by atoms with E-state index in [4.69, 9.17) is 18.6 Å². The highest BCUT2D eigenvalue weighted by Crippen LogP contribution is 2.60. The molecule has 0 aromatic heterocycles. The fraction of sp³-hybridized carbons (Fsp3) is 0.692. The highest BCUT2D eigenvalue weighted by molar-refractivity contribution is 7.54. The van der Waals surface area contributed by atoms with E-state index in [2.05, 4.69) is 0 Å². The van der Waals surface area contributed by atoms with Gasteiger partial charge in [-0.1, -0.05) is 51.1 Å². The van der Waals surface area contributed by atoms with Crippen molar-refractivity contribution in [3.8, 4) is 0 Å². The van der Waals surface area contributed by atoms with Gasteiger partial charge in [0.05, 0.1) is 19.3 Å². The van der Waals surface area contributed by atoms with Crippen LogP contribution in [0.1, 0.15) is 67.9 Å². The first-order valence-electron chi connectivity index (χ1n) is 12.5. The summed E-state index contributed by atoms with van der Waals surface area (Å²) >= 11 is 0. The summed E-state index contributed by atoms with van der Waals surface area (Å²) in [4.78, 5) is 33.5. The molecule has 1 aromatic carbocycles. The molecule has 0 aliphatic carbocycles. The monoisotopic (exact) mass is 526 g/mol. The number of rotatable bonds is 11. The minimum absolute atomic E-state index is 0.115. The largest absolute Gasteiger partial charge is 0.447 e. The molecular weight excluding hydrogens is 483 g/mol. The van der Waals surface area contributed by atoms with E-state index >= 15 is 0 Å². The molecule has 10 heteroatoms. The van der Waals surface area contributed by atoms with Crippen LogP contribution in [0, 0.1) is 5.41 Å². The summed E-state index contributed by atoms with van der Waals surface area (Å²) in [6.45, 7) is 17.0. The Morgan fingerprint density at radius 1 is 1.11 bits per heavy atom. The zero-order valence-electron chi connectivity index (χ0n) is 23.1. The topological polar surface area (TPSA) is 94.6 Å². The van der Waals surface area contributed by atoms with Crippen LogP contribution in [-0.4, -0.2) is 65.3 Å². The number of carbonyl (C=O) groups excluding carboxylic acids is 2. The summed E-state index contributed by atoms with van der Waals surface area (Å²) in [6.07, 6.45) is -1.28. The average Bonchev–Trinajstić information content (AvgIpc) is 3.11. The molecule has 1 aromatic rings. The van der Waals surface area contributed by atoms with Crippen molar-refractivity contribution in [1.29, 1.82) is 0 Å². The standard InChI is InChI=1S/C26H43N2O7P/c1-10-33-36(31,34-11-2)23(25(4,5)6)28(26(7,8)9)35-19(3)22(29)27-21(18-32-24(27)30)17-20-15-13-12-14-16-20/h12-16,19,21,23H,10-11,17-18H2,1-9H3/t19-,21-,23+/m1/s1. The number of carbonyl (C=O) groups is 2. The quantitative estimate of drug-likeness (QED) is 0.270. The van der Waals surface area contributed by atoms with E-state index in [-0.39, 0.29) is 19.8 Å². The Morgan fingerprint density at radius 2 is 1.67 bits per heavy atom. The molecule has 0 bridgehead atoms. The van der Waals surface area contributed by atoms with E-state index in [0.29, 0.717) is 6.42 Å². The van der Waals surface area contributed by atoms with Crippen LogP contribution in [0.2, 0.25) is 0 Å². The minimum atomic E-state index is -3.70. The molecule has 1 heterocycles. The van der Waals surface area contributed by atoms with Gasteiger partial charge in [-0.25, -0.2) is 9.69 Å². The lowest BCUT2D eigenvalue weighted by molar-refractivity contribution is -0.259. The van der Waals surface area contributed by atoms with E-state index in [1.165, 1.54) is 0 Å². The van der Waals surface area contributed by atoms with Crippen molar-refractivity contribution >= 4 is 19.6 Å². The zero-order valence-corrected chi connectivity index (χ0v) is 24.0. The third kappa shape index (κ3) is 7.39. The molecule has 0 radical (unpaired) electrons. The lowest BCUT2D eigenvalue weighted by Gasteiger charge is -2.48. The first-order valence-corrected chi connectivity index (χ1v) is 14.2. The van der Waals surface area contributed by atoms with Crippen molar-refractivity contribution in [1.82, 2.24) is 9.96 Å². The summed E-state index contributed by atoms with van der Waals surface area (Å²) in [5, 5.41) is 1.55. The van der Waals surface area contributed by atoms with Crippen LogP contribution in [-0.2, 0) is 34.4 Å². The molecule has 2 amide bonds. The second kappa shape index (κ2) is 12.2. The van der Waals surface area contributed by atoms with Crippen molar-refractivity contribution in [2.45, 2.75) is 92.2 Å². The van der Waals surface area contributed by atoms with Gasteiger partial charge in [-0.05, 0) is 58.9 Å². The Bertz CT molecular complexity index is 916. The molecule has 9 nitrogen and oxygen atoms in total. The van der Waals surface area contributed by atoms with Crippen molar-refractivity contribution in [2.24, 2.45) is 5.41 Å². The van der Waals surface area contributed by atoms with Crippen LogP contribution < -0.4 is 0 Å². The second-order valence-corrected chi connectivity index (χ2v) is 13.1. The van der Waals surface area contributed by atoms with Gasteiger partial charge in [0.15, 0.2) is 6.10 Å². The predicted molar refractivity (Wildman–Crippen MR) is 138 cm³/mol. The molecule has 1 saturated heterocycles. The van der Waals surface area contributed by atoms with Crippen LogP contribution in [0.25, 0.3) is 0 Å². The van der Waals surface area contributed by atoms with Gasteiger partial charge in [-0.15, -0.1) is 0 Å². The molecule has 1 aliphatic rings. The summed E-state index contributed by atoms with van der Waals surface area (Å²) in [6, 6.07) is 9.17. The van der Waals surface area contributed by atoms with Gasteiger partial charge in [0.1, 0.15) is 12.4 Å². The van der Waals surface area contributed by atoms with Crippen LogP contribution in [0.3, 0.4) is 0 Å². The van der Waals surface area contributed by atoms with Crippen LogP contribution in [0.4, 0.5) is 4.79 Å². The molecule has 2 rings (SSSR count). The molecule has 36 heavy (non-hydrogen) atoms. The van der Waals surface area contributed by atoms with E-state index in [9.17, 15) is 14.2 Å². The number of imide groups is 1. The van der Waals surface area contributed by atoms with Gasteiger partial charge in [0.25, 0.3) is 5.91 Å². The zero-order chi connectivity index (χ0) is 27.3. The number of hydrogen-bond donors (Lipinski definition) is 0. The molecule has 204 valence electrons. The van der Waals surface area contributed by atoms with Crippen molar-refractivity contribution < 1.29 is 32.8 Å². The normalized spacial score (nSPS) is 18.9. The summed E-state index contributed by atoms with van der Waals surface area (Å²) in [5.74, 6) is -1.35. The molecule has 0 spiro atoms. The van der Waals surface area contributed by atoms with Gasteiger partial charge in [-0.2, -0.15) is 5.06 Å². The maximum Gasteiger partial charge on any atom is 0.417 e. The van der Waals surface area contributed by atoms with Crippen molar-refractivity contribution in [2.75, 3.05) is 19.8 Å². The SMILES string of the molecule is CCOP(=O)(OCC)[C@H](N(O[C@H](C)C(=O)N1C(=O)OC[C@H]1Cc1ccccc1)C(C)(C)C)C(C)(C)C. The van der Waals surface area contributed by atoms with Gasteiger partial charge < -0.3 is 13.8 Å². The van der Waals surface area contributed by atoms with Crippen LogP contribution >= 0.6 is 7.60 Å². The molecule has 1 aliphatic heterocycles. The number of nitrogens with zero attached hydrogens (tertiary/aromatic N) is 2. The third-order valence-electron chi connectivity index (χ3n) is 5.71. The number of hydrogen-bond acceptors (Lipinski definition) is 8. The van der Waals surface area contributed by atoms with E-state index in [1.807, 2.05) is 71.9 Å². The second-order valence-electron chi connectivity index (χ2n) is 11.0. The highest BCUT2D eigenvalue weighted by Gasteiger charge is 2.52. The van der Waals surface area contributed by atoms with Crippen LogP contribution in [0.5, 0.6) is 0 Å². The Labute approximate surface area is 215 Å². The average molecular weight is 527 g/mol. The van der Waals surface area contributed by atoms with Crippen LogP contribution in [0.15, 0.2) is 30.3 Å². The molecule has 1 fully saturated rings. The Kier molecular flexibility index (Phi) is 10.3. The lowest BCUT2D eigenvalue weighted by Crippen LogP contribution is -2.56. The molecular formula is C26H43N2O7P. The molecule has 0 N–H and O–H groups in total. The van der Waals surface area contributed by atoms with Crippen molar-refractivity contribution in [3.63, 3.8) is 0 Å². The van der Waals surface area contributed by atoms with E-state index in [1.54, 1.807) is 25.8 Å². The fourth-order valence-electron chi connectivity index (χ4n) is 4.25. The van der Waals surface area contributed by atoms with E-state index < -0.39 is 48.5 Å². The van der Waals surface area contributed by atoms with Gasteiger partial charge in [0, 0.05) is 5.54 Å².